The number of benzene rings is 1. The summed E-state index contributed by atoms with van der Waals surface area (Å²) in [7, 11) is 3.03. The molecule has 1 aliphatic heterocycles. The van der Waals surface area contributed by atoms with Crippen molar-refractivity contribution < 1.29 is 19.1 Å². The molecule has 0 spiro atoms. The van der Waals surface area contributed by atoms with Gasteiger partial charge < -0.3 is 19.7 Å². The van der Waals surface area contributed by atoms with Gasteiger partial charge in [-0.05, 0) is 30.5 Å². The highest BCUT2D eigenvalue weighted by Gasteiger charge is 2.27. The number of hydrogen-bond donors (Lipinski definition) is 1. The minimum Gasteiger partial charge on any atom is -0.497 e. The van der Waals surface area contributed by atoms with Gasteiger partial charge in [0, 0.05) is 29.5 Å². The molecule has 1 aliphatic rings. The number of anilines is 1. The Morgan fingerprint density at radius 3 is 2.52 bits per heavy atom. The molecule has 0 unspecified atom stereocenters. The molecular weight excluding hydrogens is 390 g/mol. The van der Waals surface area contributed by atoms with Crippen LogP contribution in [-0.4, -0.2) is 37.5 Å². The van der Waals surface area contributed by atoms with Gasteiger partial charge in [-0.25, -0.2) is 0 Å². The molecule has 29 heavy (non-hydrogen) atoms. The normalized spacial score (nSPS) is 12.7. The molecule has 2 heterocycles. The zero-order chi connectivity index (χ0) is 21.0. The predicted molar refractivity (Wildman–Crippen MR) is 111 cm³/mol. The summed E-state index contributed by atoms with van der Waals surface area (Å²) in [5.41, 5.74) is 1.78. The van der Waals surface area contributed by atoms with E-state index in [1.807, 2.05) is 11.8 Å². The van der Waals surface area contributed by atoms with Crippen molar-refractivity contribution in [2.75, 3.05) is 26.1 Å². The quantitative estimate of drug-likeness (QED) is 0.782. The molecule has 8 heteroatoms. The second-order valence-electron chi connectivity index (χ2n) is 6.69. The average molecular weight is 413 g/mol. The molecule has 1 N–H and O–H groups in total. The number of carbonyl (C=O) groups is 2. The summed E-state index contributed by atoms with van der Waals surface area (Å²) < 4.78 is 10.4. The highest BCUT2D eigenvalue weighted by Crippen LogP contribution is 2.37. The maximum absolute atomic E-state index is 12.8. The summed E-state index contributed by atoms with van der Waals surface area (Å²) >= 11 is 1.36. The molecule has 0 saturated carbocycles. The second-order valence-corrected chi connectivity index (χ2v) is 7.80. The Labute approximate surface area is 173 Å². The van der Waals surface area contributed by atoms with Crippen molar-refractivity contribution in [1.82, 2.24) is 4.90 Å². The van der Waals surface area contributed by atoms with Crippen LogP contribution in [0, 0.1) is 11.3 Å². The fourth-order valence-corrected chi connectivity index (χ4v) is 4.52. The number of thiophene rings is 1. The van der Waals surface area contributed by atoms with Crippen molar-refractivity contribution in [3.05, 3.63) is 39.8 Å². The molecule has 0 radical (unpaired) electrons. The smallest absolute Gasteiger partial charge is 0.256 e. The van der Waals surface area contributed by atoms with Gasteiger partial charge in [-0.2, -0.15) is 5.26 Å². The molecule has 7 nitrogen and oxygen atoms in total. The first kappa shape index (κ1) is 20.7. The molecule has 1 aromatic carbocycles. The number of hydrogen-bond acceptors (Lipinski definition) is 6. The molecule has 0 saturated heterocycles. The van der Waals surface area contributed by atoms with Crippen LogP contribution in [0.15, 0.2) is 18.2 Å². The van der Waals surface area contributed by atoms with E-state index >= 15 is 0 Å². The number of fused-ring (bicyclic) bond motifs is 1. The first-order valence-electron chi connectivity index (χ1n) is 9.37. The van der Waals surface area contributed by atoms with E-state index in [4.69, 9.17) is 9.47 Å². The van der Waals surface area contributed by atoms with E-state index in [2.05, 4.69) is 11.4 Å². The van der Waals surface area contributed by atoms with E-state index in [-0.39, 0.29) is 11.8 Å². The Morgan fingerprint density at radius 2 is 1.93 bits per heavy atom. The third-order valence-corrected chi connectivity index (χ3v) is 5.96. The number of carbonyl (C=O) groups excluding carboxylic acids is 2. The van der Waals surface area contributed by atoms with Crippen LogP contribution in [0.5, 0.6) is 11.5 Å². The minimum atomic E-state index is -0.351. The lowest BCUT2D eigenvalue weighted by molar-refractivity contribution is -0.132. The number of rotatable bonds is 6. The largest absolute Gasteiger partial charge is 0.497 e. The van der Waals surface area contributed by atoms with E-state index < -0.39 is 0 Å². The van der Waals surface area contributed by atoms with Gasteiger partial charge in [0.1, 0.15) is 22.6 Å². The zero-order valence-electron chi connectivity index (χ0n) is 16.7. The number of methoxy groups -OCH3 is 2. The second kappa shape index (κ2) is 8.97. The number of nitriles is 1. The summed E-state index contributed by atoms with van der Waals surface area (Å²) in [5.74, 6) is 0.784. The molecule has 0 bridgehead atoms. The standard InChI is InChI=1S/C21H23N3O4S/c1-4-5-19(25)24-7-6-16-17(11-22)21(29-18(16)12-24)23-20(26)13-8-14(27-2)10-15(9-13)28-3/h8-10H,4-7,12H2,1-3H3,(H,23,26). The van der Waals surface area contributed by atoms with Crippen LogP contribution in [0.3, 0.4) is 0 Å². The van der Waals surface area contributed by atoms with E-state index in [0.29, 0.717) is 53.6 Å². The molecule has 3 rings (SSSR count). The first-order chi connectivity index (χ1) is 14.0. The van der Waals surface area contributed by atoms with Gasteiger partial charge in [0.05, 0.1) is 26.3 Å². The zero-order valence-corrected chi connectivity index (χ0v) is 17.5. The first-order valence-corrected chi connectivity index (χ1v) is 10.2. The third kappa shape index (κ3) is 4.35. The molecular formula is C21H23N3O4S. The minimum absolute atomic E-state index is 0.124. The highest BCUT2D eigenvalue weighted by atomic mass is 32.1. The molecule has 0 fully saturated rings. The predicted octanol–water partition coefficient (Wildman–Crippen LogP) is 3.57. The van der Waals surface area contributed by atoms with Crippen LogP contribution in [0.25, 0.3) is 0 Å². The van der Waals surface area contributed by atoms with E-state index in [1.54, 1.807) is 18.2 Å². The van der Waals surface area contributed by atoms with Gasteiger partial charge >= 0.3 is 0 Å². The third-order valence-electron chi connectivity index (χ3n) is 4.83. The number of nitrogens with one attached hydrogen (secondary N) is 1. The molecule has 2 aromatic rings. The van der Waals surface area contributed by atoms with Crippen LogP contribution in [0.2, 0.25) is 0 Å². The van der Waals surface area contributed by atoms with Gasteiger partial charge in [0.15, 0.2) is 0 Å². The Kier molecular flexibility index (Phi) is 6.39. The summed E-state index contributed by atoms with van der Waals surface area (Å²) in [5, 5.41) is 13.0. The lowest BCUT2D eigenvalue weighted by Gasteiger charge is -2.26. The van der Waals surface area contributed by atoms with Crippen molar-refractivity contribution in [1.29, 1.82) is 5.26 Å². The summed E-state index contributed by atoms with van der Waals surface area (Å²) in [6, 6.07) is 7.13. The number of amides is 2. The topological polar surface area (TPSA) is 91.7 Å². The van der Waals surface area contributed by atoms with Crippen LogP contribution in [-0.2, 0) is 17.8 Å². The lowest BCUT2D eigenvalue weighted by atomic mass is 10.0. The molecule has 0 aliphatic carbocycles. The van der Waals surface area contributed by atoms with Crippen molar-refractivity contribution in [2.24, 2.45) is 0 Å². The Bertz CT molecular complexity index is 955. The van der Waals surface area contributed by atoms with E-state index in [1.165, 1.54) is 25.6 Å². The SMILES string of the molecule is CCCC(=O)N1CCc2c(sc(NC(=O)c3cc(OC)cc(OC)c3)c2C#N)C1. The van der Waals surface area contributed by atoms with Crippen LogP contribution < -0.4 is 14.8 Å². The molecule has 0 atom stereocenters. The highest BCUT2D eigenvalue weighted by molar-refractivity contribution is 7.16. The molecule has 1 aromatic heterocycles. The van der Waals surface area contributed by atoms with Gasteiger partial charge in [-0.15, -0.1) is 11.3 Å². The van der Waals surface area contributed by atoms with Gasteiger partial charge in [-0.1, -0.05) is 6.92 Å². The maximum Gasteiger partial charge on any atom is 0.256 e. The lowest BCUT2D eigenvalue weighted by Crippen LogP contribution is -2.35. The van der Waals surface area contributed by atoms with Crippen molar-refractivity contribution in [3.63, 3.8) is 0 Å². The van der Waals surface area contributed by atoms with Crippen LogP contribution >= 0.6 is 11.3 Å². The Morgan fingerprint density at radius 1 is 1.24 bits per heavy atom. The number of ether oxygens (including phenoxy) is 2. The van der Waals surface area contributed by atoms with Crippen molar-refractivity contribution in [3.8, 4) is 17.6 Å². The summed E-state index contributed by atoms with van der Waals surface area (Å²) in [6.07, 6.45) is 1.95. The maximum atomic E-state index is 12.8. The number of nitrogens with zero attached hydrogens (tertiary/aromatic N) is 2. The van der Waals surface area contributed by atoms with Crippen LogP contribution in [0.4, 0.5) is 5.00 Å². The van der Waals surface area contributed by atoms with Gasteiger partial charge in [-0.3, -0.25) is 9.59 Å². The monoisotopic (exact) mass is 413 g/mol. The van der Waals surface area contributed by atoms with Gasteiger partial charge in [0.2, 0.25) is 5.91 Å². The van der Waals surface area contributed by atoms with Crippen LogP contribution in [0.1, 0.15) is 46.1 Å². The fraction of sp³-hybridized carbons (Fsp3) is 0.381. The van der Waals surface area contributed by atoms with Gasteiger partial charge in [0.25, 0.3) is 5.91 Å². The molecule has 2 amide bonds. The fourth-order valence-electron chi connectivity index (χ4n) is 3.31. The average Bonchev–Trinajstić information content (AvgIpc) is 3.09. The Hall–Kier alpha value is -3.05. The Balaban J connectivity index is 1.85. The van der Waals surface area contributed by atoms with Crippen molar-refractivity contribution in [2.45, 2.75) is 32.7 Å². The molecule has 152 valence electrons. The summed E-state index contributed by atoms with van der Waals surface area (Å²) in [4.78, 5) is 27.8. The van der Waals surface area contributed by atoms with E-state index in [9.17, 15) is 14.9 Å². The van der Waals surface area contributed by atoms with Crippen molar-refractivity contribution >= 4 is 28.2 Å². The van der Waals surface area contributed by atoms with E-state index in [0.717, 1.165) is 16.9 Å². The summed E-state index contributed by atoms with van der Waals surface area (Å²) in [6.45, 7) is 3.06.